The van der Waals surface area contributed by atoms with Crippen molar-refractivity contribution >= 4 is 22.9 Å². The minimum atomic E-state index is -0.212. The Kier molecular flexibility index (Phi) is 3.58. The molecule has 1 N–H and O–H groups in total. The molecule has 1 amide bonds. The molecule has 2 heterocycles. The number of nitrogens with one attached hydrogen (secondary N) is 1. The van der Waals surface area contributed by atoms with E-state index in [-0.39, 0.29) is 5.91 Å². The summed E-state index contributed by atoms with van der Waals surface area (Å²) in [4.78, 5) is 16.5. The standard InChI is InChI=1S/C16H14N2O2S/c1-10-5-6-12(11(2)8-10)17-15(19)13-9-21-16(18-13)14-4-3-7-20-14/h3-9H,1-2H3,(H,17,19). The third-order valence-electron chi connectivity index (χ3n) is 3.10. The summed E-state index contributed by atoms with van der Waals surface area (Å²) in [6, 6.07) is 9.53. The molecule has 0 spiro atoms. The SMILES string of the molecule is Cc1ccc(NC(=O)c2csc(-c3ccco3)n2)c(C)c1. The predicted octanol–water partition coefficient (Wildman–Crippen LogP) is 4.27. The molecular weight excluding hydrogens is 284 g/mol. The number of carbonyl (C=O) groups excluding carboxylic acids is 1. The van der Waals surface area contributed by atoms with Crippen LogP contribution in [0.1, 0.15) is 21.6 Å². The maximum Gasteiger partial charge on any atom is 0.275 e. The summed E-state index contributed by atoms with van der Waals surface area (Å²) >= 11 is 1.39. The first kappa shape index (κ1) is 13.6. The fourth-order valence-corrected chi connectivity index (χ4v) is 2.80. The molecule has 0 aliphatic heterocycles. The molecule has 0 saturated carbocycles. The van der Waals surface area contributed by atoms with Gasteiger partial charge in [0.15, 0.2) is 10.8 Å². The van der Waals surface area contributed by atoms with Gasteiger partial charge >= 0.3 is 0 Å². The maximum atomic E-state index is 12.2. The van der Waals surface area contributed by atoms with E-state index < -0.39 is 0 Å². The van der Waals surface area contributed by atoms with Gasteiger partial charge in [0.05, 0.1) is 6.26 Å². The van der Waals surface area contributed by atoms with Gasteiger partial charge in [-0.25, -0.2) is 4.98 Å². The zero-order valence-corrected chi connectivity index (χ0v) is 12.5. The molecule has 0 atom stereocenters. The van der Waals surface area contributed by atoms with Gasteiger partial charge in [-0.05, 0) is 37.6 Å². The molecule has 2 aromatic heterocycles. The number of aryl methyl sites for hydroxylation is 2. The molecule has 5 heteroatoms. The second-order valence-electron chi connectivity index (χ2n) is 4.79. The van der Waals surface area contributed by atoms with E-state index in [0.29, 0.717) is 16.5 Å². The Hall–Kier alpha value is -2.40. The molecule has 0 aliphatic rings. The summed E-state index contributed by atoms with van der Waals surface area (Å²) in [5.74, 6) is 0.460. The number of rotatable bonds is 3. The Morgan fingerprint density at radius 2 is 2.14 bits per heavy atom. The lowest BCUT2D eigenvalue weighted by Crippen LogP contribution is -2.13. The van der Waals surface area contributed by atoms with Gasteiger partial charge in [-0.2, -0.15) is 0 Å². The van der Waals surface area contributed by atoms with Crippen molar-refractivity contribution in [3.63, 3.8) is 0 Å². The lowest BCUT2D eigenvalue weighted by Gasteiger charge is -2.07. The average Bonchev–Trinajstić information content (AvgIpc) is 3.10. The van der Waals surface area contributed by atoms with Gasteiger partial charge in [-0.3, -0.25) is 4.79 Å². The average molecular weight is 298 g/mol. The van der Waals surface area contributed by atoms with Crippen molar-refractivity contribution in [3.8, 4) is 10.8 Å². The first-order valence-corrected chi connectivity index (χ1v) is 7.39. The molecule has 0 fully saturated rings. The molecule has 0 radical (unpaired) electrons. The topological polar surface area (TPSA) is 55.1 Å². The van der Waals surface area contributed by atoms with E-state index in [1.54, 1.807) is 17.7 Å². The van der Waals surface area contributed by atoms with Crippen LogP contribution in [-0.4, -0.2) is 10.9 Å². The largest absolute Gasteiger partial charge is 0.462 e. The van der Waals surface area contributed by atoms with Crippen LogP contribution in [-0.2, 0) is 0 Å². The fourth-order valence-electron chi connectivity index (χ4n) is 2.03. The lowest BCUT2D eigenvalue weighted by atomic mass is 10.1. The number of hydrogen-bond acceptors (Lipinski definition) is 4. The summed E-state index contributed by atoms with van der Waals surface area (Å²) in [7, 11) is 0. The number of furan rings is 1. The summed E-state index contributed by atoms with van der Waals surface area (Å²) in [5.41, 5.74) is 3.40. The Morgan fingerprint density at radius 3 is 2.86 bits per heavy atom. The van der Waals surface area contributed by atoms with Crippen molar-refractivity contribution in [1.29, 1.82) is 0 Å². The number of carbonyl (C=O) groups is 1. The van der Waals surface area contributed by atoms with Crippen molar-refractivity contribution in [2.24, 2.45) is 0 Å². The molecule has 0 unspecified atom stereocenters. The summed E-state index contributed by atoms with van der Waals surface area (Å²) in [6.45, 7) is 3.99. The fraction of sp³-hybridized carbons (Fsp3) is 0.125. The molecule has 0 saturated heterocycles. The van der Waals surface area contributed by atoms with Gasteiger partial charge in [0, 0.05) is 11.1 Å². The van der Waals surface area contributed by atoms with Crippen molar-refractivity contribution in [1.82, 2.24) is 4.98 Å². The molecule has 3 aromatic rings. The minimum absolute atomic E-state index is 0.212. The maximum absolute atomic E-state index is 12.2. The normalized spacial score (nSPS) is 10.6. The van der Waals surface area contributed by atoms with E-state index in [9.17, 15) is 4.79 Å². The Morgan fingerprint density at radius 1 is 1.29 bits per heavy atom. The van der Waals surface area contributed by atoms with Crippen LogP contribution in [0.15, 0.2) is 46.4 Å². The number of amides is 1. The Balaban J connectivity index is 1.79. The smallest absolute Gasteiger partial charge is 0.275 e. The minimum Gasteiger partial charge on any atom is -0.462 e. The molecular formula is C16H14N2O2S. The van der Waals surface area contributed by atoms with Crippen molar-refractivity contribution in [2.45, 2.75) is 13.8 Å². The molecule has 106 valence electrons. The second kappa shape index (κ2) is 5.54. The number of nitrogens with zero attached hydrogens (tertiary/aromatic N) is 1. The van der Waals surface area contributed by atoms with Crippen molar-refractivity contribution in [3.05, 3.63) is 58.8 Å². The van der Waals surface area contributed by atoms with Gasteiger partial charge in [0.2, 0.25) is 0 Å². The zero-order valence-electron chi connectivity index (χ0n) is 11.7. The van der Waals surface area contributed by atoms with Crippen LogP contribution in [0.25, 0.3) is 10.8 Å². The molecule has 0 aliphatic carbocycles. The number of anilines is 1. The van der Waals surface area contributed by atoms with Gasteiger partial charge in [0.25, 0.3) is 5.91 Å². The summed E-state index contributed by atoms with van der Waals surface area (Å²) in [6.07, 6.45) is 1.59. The van der Waals surface area contributed by atoms with Crippen LogP contribution in [0.3, 0.4) is 0 Å². The highest BCUT2D eigenvalue weighted by molar-refractivity contribution is 7.13. The van der Waals surface area contributed by atoms with Gasteiger partial charge in [-0.1, -0.05) is 17.7 Å². The summed E-state index contributed by atoms with van der Waals surface area (Å²) < 4.78 is 5.28. The quantitative estimate of drug-likeness (QED) is 0.785. The Bertz CT molecular complexity index is 775. The molecule has 0 bridgehead atoms. The van der Waals surface area contributed by atoms with Gasteiger partial charge < -0.3 is 9.73 Å². The zero-order chi connectivity index (χ0) is 14.8. The molecule has 1 aromatic carbocycles. The highest BCUT2D eigenvalue weighted by Crippen LogP contribution is 2.24. The van der Waals surface area contributed by atoms with Gasteiger partial charge in [0.1, 0.15) is 5.69 Å². The second-order valence-corrected chi connectivity index (χ2v) is 5.65. The van der Waals surface area contributed by atoms with Crippen molar-refractivity contribution in [2.75, 3.05) is 5.32 Å². The highest BCUT2D eigenvalue weighted by atomic mass is 32.1. The third kappa shape index (κ3) is 2.87. The highest BCUT2D eigenvalue weighted by Gasteiger charge is 2.14. The van der Waals surface area contributed by atoms with E-state index in [0.717, 1.165) is 11.3 Å². The molecule has 3 rings (SSSR count). The number of benzene rings is 1. The first-order valence-electron chi connectivity index (χ1n) is 6.51. The van der Waals surface area contributed by atoms with E-state index in [2.05, 4.69) is 10.3 Å². The first-order chi connectivity index (χ1) is 10.1. The lowest BCUT2D eigenvalue weighted by molar-refractivity contribution is 0.102. The Labute approximate surface area is 126 Å². The molecule has 21 heavy (non-hydrogen) atoms. The van der Waals surface area contributed by atoms with Crippen LogP contribution in [0.2, 0.25) is 0 Å². The monoisotopic (exact) mass is 298 g/mol. The third-order valence-corrected chi connectivity index (χ3v) is 3.96. The van der Waals surface area contributed by atoms with Crippen LogP contribution < -0.4 is 5.32 Å². The van der Waals surface area contributed by atoms with Crippen LogP contribution >= 0.6 is 11.3 Å². The van der Waals surface area contributed by atoms with Gasteiger partial charge in [-0.15, -0.1) is 11.3 Å². The van der Waals surface area contributed by atoms with E-state index in [4.69, 9.17) is 4.42 Å². The van der Waals surface area contributed by atoms with E-state index >= 15 is 0 Å². The van der Waals surface area contributed by atoms with Crippen LogP contribution in [0, 0.1) is 13.8 Å². The predicted molar refractivity (Wildman–Crippen MR) is 83.7 cm³/mol. The van der Waals surface area contributed by atoms with Crippen LogP contribution in [0.4, 0.5) is 5.69 Å². The number of thiazole rings is 1. The van der Waals surface area contributed by atoms with Crippen molar-refractivity contribution < 1.29 is 9.21 Å². The van der Waals surface area contributed by atoms with E-state index in [1.165, 1.54) is 16.9 Å². The van der Waals surface area contributed by atoms with Crippen LogP contribution in [0.5, 0.6) is 0 Å². The number of aromatic nitrogens is 1. The van der Waals surface area contributed by atoms with E-state index in [1.807, 2.05) is 38.1 Å². The summed E-state index contributed by atoms with van der Waals surface area (Å²) in [5, 5.41) is 5.32. The number of hydrogen-bond donors (Lipinski definition) is 1. The molecule has 4 nitrogen and oxygen atoms in total.